The number of sulfone groups is 1. The van der Waals surface area contributed by atoms with E-state index in [4.69, 9.17) is 14.2 Å². The first kappa shape index (κ1) is 32.2. The summed E-state index contributed by atoms with van der Waals surface area (Å²) >= 11 is 0. The lowest BCUT2D eigenvalue weighted by Gasteiger charge is -2.15. The molecule has 0 saturated heterocycles. The number of nitrogens with one attached hydrogen (secondary N) is 1. The molecule has 0 spiro atoms. The van der Waals surface area contributed by atoms with Crippen molar-refractivity contribution < 1.29 is 37.6 Å². The molecule has 3 rings (SSSR count). The van der Waals surface area contributed by atoms with Gasteiger partial charge < -0.3 is 29.7 Å². The lowest BCUT2D eigenvalue weighted by molar-refractivity contribution is -0.131. The summed E-state index contributed by atoms with van der Waals surface area (Å²) in [6.07, 6.45) is -0.0173. The minimum Gasteiger partial charge on any atom is -0.491 e. The zero-order chi connectivity index (χ0) is 29.8. The Morgan fingerprint density at radius 3 is 2.41 bits per heavy atom. The minimum atomic E-state index is -3.32. The van der Waals surface area contributed by atoms with Gasteiger partial charge >= 0.3 is 5.97 Å². The number of carbonyl (C=O) groups is 1. The van der Waals surface area contributed by atoms with E-state index in [1.54, 1.807) is 50.2 Å². The van der Waals surface area contributed by atoms with Crippen molar-refractivity contribution >= 4 is 15.8 Å². The van der Waals surface area contributed by atoms with Crippen LogP contribution in [0.3, 0.4) is 0 Å². The molecule has 0 aromatic heterocycles. The first-order valence-electron chi connectivity index (χ1n) is 13.5. The molecule has 41 heavy (non-hydrogen) atoms. The van der Waals surface area contributed by atoms with Gasteiger partial charge in [0.05, 0.1) is 36.1 Å². The van der Waals surface area contributed by atoms with Gasteiger partial charge in [-0.15, -0.1) is 0 Å². The third-order valence-electron chi connectivity index (χ3n) is 6.36. The topological polar surface area (TPSA) is 131 Å². The van der Waals surface area contributed by atoms with Crippen LogP contribution >= 0.6 is 0 Å². The van der Waals surface area contributed by atoms with E-state index in [0.717, 1.165) is 23.3 Å². The van der Waals surface area contributed by atoms with Crippen molar-refractivity contribution in [2.24, 2.45) is 0 Å². The zero-order valence-corrected chi connectivity index (χ0v) is 24.5. The molecule has 0 unspecified atom stereocenters. The van der Waals surface area contributed by atoms with E-state index in [1.807, 2.05) is 30.3 Å². The van der Waals surface area contributed by atoms with Crippen molar-refractivity contribution in [3.05, 3.63) is 89.0 Å². The van der Waals surface area contributed by atoms with E-state index < -0.39 is 27.2 Å². The molecule has 3 aromatic rings. The molecule has 3 aromatic carbocycles. The second kappa shape index (κ2) is 15.6. The highest BCUT2D eigenvalue weighted by Crippen LogP contribution is 2.24. The van der Waals surface area contributed by atoms with Crippen LogP contribution in [0, 0.1) is 0 Å². The molecule has 9 nitrogen and oxygen atoms in total. The molecule has 0 heterocycles. The van der Waals surface area contributed by atoms with Gasteiger partial charge in [-0.3, -0.25) is 4.79 Å². The van der Waals surface area contributed by atoms with E-state index in [9.17, 15) is 23.4 Å². The van der Waals surface area contributed by atoms with Gasteiger partial charge in [0.2, 0.25) is 0 Å². The number of hydrogen-bond donors (Lipinski definition) is 3. The molecule has 0 radical (unpaired) electrons. The fraction of sp³-hybridized carbons (Fsp3) is 0.387. The van der Waals surface area contributed by atoms with Crippen LogP contribution < -0.4 is 14.8 Å². The van der Waals surface area contributed by atoms with Crippen LogP contribution in [-0.2, 0) is 39.0 Å². The second-order valence-corrected chi connectivity index (χ2v) is 12.4. The van der Waals surface area contributed by atoms with Crippen molar-refractivity contribution in [2.75, 3.05) is 26.3 Å². The van der Waals surface area contributed by atoms with E-state index >= 15 is 0 Å². The summed E-state index contributed by atoms with van der Waals surface area (Å²) in [6, 6.07) is 19.5. The van der Waals surface area contributed by atoms with Gasteiger partial charge in [0.1, 0.15) is 18.1 Å². The Kier molecular flexibility index (Phi) is 12.3. The Morgan fingerprint density at radius 2 is 1.73 bits per heavy atom. The fourth-order valence-electron chi connectivity index (χ4n) is 4.02. The monoisotopic (exact) mass is 585 g/mol. The molecule has 3 N–H and O–H groups in total. The largest absolute Gasteiger partial charge is 0.491 e. The first-order valence-corrected chi connectivity index (χ1v) is 15.1. The summed E-state index contributed by atoms with van der Waals surface area (Å²) in [4.78, 5) is 11.5. The Balaban J connectivity index is 1.35. The highest BCUT2D eigenvalue weighted by atomic mass is 32.2. The summed E-state index contributed by atoms with van der Waals surface area (Å²) in [6.45, 7) is 6.33. The van der Waals surface area contributed by atoms with Crippen LogP contribution in [-0.4, -0.2) is 56.2 Å². The molecular weight excluding hydrogens is 546 g/mol. The predicted octanol–water partition coefficient (Wildman–Crippen LogP) is 3.75. The molecule has 1 atom stereocenters. The molecule has 0 aliphatic carbocycles. The van der Waals surface area contributed by atoms with Gasteiger partial charge in [0.15, 0.2) is 9.84 Å². The molecule has 0 bridgehead atoms. The van der Waals surface area contributed by atoms with Crippen molar-refractivity contribution in [3.8, 4) is 11.5 Å². The Hall–Kier alpha value is -3.28. The molecule has 222 valence electrons. The average molecular weight is 586 g/mol. The van der Waals surface area contributed by atoms with Gasteiger partial charge in [-0.2, -0.15) is 0 Å². The normalized spacial score (nSPS) is 12.3. The van der Waals surface area contributed by atoms with Gasteiger partial charge in [0.25, 0.3) is 0 Å². The predicted molar refractivity (Wildman–Crippen MR) is 156 cm³/mol. The number of rotatable bonds is 16. The summed E-state index contributed by atoms with van der Waals surface area (Å²) in [5, 5.41) is 22.8. The number of aliphatic hydroxyl groups is 2. The molecule has 0 saturated carbocycles. The molecule has 0 fully saturated rings. The maximum atomic E-state index is 12.4. The Morgan fingerprint density at radius 1 is 0.976 bits per heavy atom. The maximum absolute atomic E-state index is 12.4. The molecule has 0 amide bonds. The lowest BCUT2D eigenvalue weighted by Crippen LogP contribution is -2.24. The number of esters is 1. The summed E-state index contributed by atoms with van der Waals surface area (Å²) < 4.78 is 41.2. The van der Waals surface area contributed by atoms with Crippen LogP contribution in [0.1, 0.15) is 49.1 Å². The first-order chi connectivity index (χ1) is 19.6. The van der Waals surface area contributed by atoms with Crippen LogP contribution in [0.15, 0.2) is 71.6 Å². The summed E-state index contributed by atoms with van der Waals surface area (Å²) in [7, 11) is -3.32. The number of benzene rings is 3. The van der Waals surface area contributed by atoms with Crippen molar-refractivity contribution in [2.45, 2.75) is 56.7 Å². The van der Waals surface area contributed by atoms with Gasteiger partial charge in [0, 0.05) is 19.0 Å². The SMILES string of the molecule is CC(=O)Oc1ccc([C@@H](O)CNCCc2ccc(OCCOCc3cccc(S(=O)(=O)C(C)C)c3)cc2)cc1CO. The lowest BCUT2D eigenvalue weighted by atomic mass is 10.0. The highest BCUT2D eigenvalue weighted by molar-refractivity contribution is 7.92. The minimum absolute atomic E-state index is 0.284. The van der Waals surface area contributed by atoms with Crippen molar-refractivity contribution in [1.29, 1.82) is 0 Å². The maximum Gasteiger partial charge on any atom is 0.308 e. The van der Waals surface area contributed by atoms with Crippen LogP contribution in [0.5, 0.6) is 11.5 Å². The van der Waals surface area contributed by atoms with E-state index in [2.05, 4.69) is 5.32 Å². The quantitative estimate of drug-likeness (QED) is 0.131. The van der Waals surface area contributed by atoms with Crippen LogP contribution in [0.2, 0.25) is 0 Å². The third-order valence-corrected chi connectivity index (χ3v) is 8.51. The molecule has 0 aliphatic rings. The standard InChI is InChI=1S/C31H39NO8S/c1-22(2)41(36,37)29-6-4-5-25(17-29)21-38-15-16-39-28-10-7-24(8-11-28)13-14-32-19-30(35)26-9-12-31(40-23(3)34)27(18-26)20-33/h4-12,17-18,22,30,32-33,35H,13-16,19-21H2,1-3H3/t30-/m0/s1. The van der Waals surface area contributed by atoms with Gasteiger partial charge in [-0.05, 0) is 79.9 Å². The van der Waals surface area contributed by atoms with Crippen LogP contribution in [0.25, 0.3) is 0 Å². The number of carbonyl (C=O) groups excluding carboxylic acids is 1. The number of ether oxygens (including phenoxy) is 3. The molecular formula is C31H39NO8S. The van der Waals surface area contributed by atoms with Crippen molar-refractivity contribution in [3.63, 3.8) is 0 Å². The smallest absolute Gasteiger partial charge is 0.308 e. The highest BCUT2D eigenvalue weighted by Gasteiger charge is 2.19. The fourth-order valence-corrected chi connectivity index (χ4v) is 5.15. The Labute approximate surface area is 242 Å². The van der Waals surface area contributed by atoms with Crippen molar-refractivity contribution in [1.82, 2.24) is 5.32 Å². The second-order valence-electron chi connectivity index (χ2n) is 9.88. The number of hydrogen-bond acceptors (Lipinski definition) is 9. The molecule has 0 aliphatic heterocycles. The Bertz CT molecular complexity index is 1370. The summed E-state index contributed by atoms with van der Waals surface area (Å²) in [5.74, 6) is 0.536. The number of aliphatic hydroxyl groups excluding tert-OH is 2. The van der Waals surface area contributed by atoms with Crippen LogP contribution in [0.4, 0.5) is 0 Å². The third kappa shape index (κ3) is 9.94. The zero-order valence-electron chi connectivity index (χ0n) is 23.7. The van der Waals surface area contributed by atoms with E-state index in [1.165, 1.54) is 6.92 Å². The van der Waals surface area contributed by atoms with E-state index in [0.29, 0.717) is 48.9 Å². The summed E-state index contributed by atoms with van der Waals surface area (Å²) in [5.41, 5.74) is 2.97. The molecule has 10 heteroatoms. The van der Waals surface area contributed by atoms with E-state index in [-0.39, 0.29) is 12.4 Å². The van der Waals surface area contributed by atoms with Gasteiger partial charge in [-0.25, -0.2) is 8.42 Å². The average Bonchev–Trinajstić information content (AvgIpc) is 2.95. The van der Waals surface area contributed by atoms with Gasteiger partial charge in [-0.1, -0.05) is 30.3 Å².